The molecule has 0 aliphatic heterocycles. The first-order chi connectivity index (χ1) is 7.19. The molecule has 0 N–H and O–H groups in total. The fourth-order valence-corrected chi connectivity index (χ4v) is 1.82. The molecule has 0 fully saturated rings. The molecule has 0 amide bonds. The van der Waals surface area contributed by atoms with Crippen LogP contribution in [0.15, 0.2) is 6.20 Å². The van der Waals surface area contributed by atoms with Gasteiger partial charge in [-0.15, -0.1) is 0 Å². The summed E-state index contributed by atoms with van der Waals surface area (Å²) in [5.74, 6) is -0.336. The van der Waals surface area contributed by atoms with Gasteiger partial charge in [-0.3, -0.25) is 4.68 Å². The van der Waals surface area contributed by atoms with Crippen LogP contribution in [0.2, 0.25) is 0 Å². The molecule has 0 aliphatic rings. The van der Waals surface area contributed by atoms with Gasteiger partial charge in [0.1, 0.15) is 0 Å². The van der Waals surface area contributed by atoms with Crippen LogP contribution in [0.4, 0.5) is 0 Å². The van der Waals surface area contributed by atoms with E-state index in [1.165, 1.54) is 0 Å². The smallest absolute Gasteiger partial charge is 0.359 e. The van der Waals surface area contributed by atoms with Gasteiger partial charge in [-0.25, -0.2) is 4.79 Å². The summed E-state index contributed by atoms with van der Waals surface area (Å²) < 4.78 is 7.56. The Kier molecular flexibility index (Phi) is 5.07. The van der Waals surface area contributed by atoms with E-state index in [4.69, 9.17) is 4.74 Å². The lowest BCUT2D eigenvalue weighted by Gasteiger charge is -1.99. The minimum Gasteiger partial charge on any atom is -0.461 e. The molecule has 0 saturated carbocycles. The van der Waals surface area contributed by atoms with Crippen LogP contribution < -0.4 is 0 Å². The first kappa shape index (κ1) is 12.5. The molecule has 0 aliphatic carbocycles. The molecule has 5 heteroatoms. The van der Waals surface area contributed by atoms with Gasteiger partial charge in [0.25, 0.3) is 0 Å². The van der Waals surface area contributed by atoms with E-state index in [2.05, 4.69) is 34.6 Å². The predicted octanol–water partition coefficient (Wildman–Crippen LogP) is 2.46. The summed E-state index contributed by atoms with van der Waals surface area (Å²) in [5, 5.41) is 4.20. The Hall–Kier alpha value is -0.590. The van der Waals surface area contributed by atoms with Crippen LogP contribution in [-0.4, -0.2) is 22.4 Å². The number of hydrogen-bond acceptors (Lipinski definition) is 3. The number of nitrogens with zero attached hydrogens (tertiary/aromatic N) is 2. The third-order valence-electron chi connectivity index (χ3n) is 1.93. The highest BCUT2D eigenvalue weighted by molar-refractivity contribution is 14.1. The van der Waals surface area contributed by atoms with Gasteiger partial charge in [-0.2, -0.15) is 5.10 Å². The summed E-state index contributed by atoms with van der Waals surface area (Å²) in [6.07, 6.45) is 4.06. The summed E-state index contributed by atoms with van der Waals surface area (Å²) in [7, 11) is 0. The van der Waals surface area contributed by atoms with Crippen molar-refractivity contribution in [3.63, 3.8) is 0 Å². The molecule has 1 aromatic heterocycles. The maximum atomic E-state index is 11.4. The average molecular weight is 322 g/mol. The largest absolute Gasteiger partial charge is 0.461 e. The maximum absolute atomic E-state index is 11.4. The number of carbonyl (C=O) groups excluding carboxylic acids is 1. The molecule has 1 rings (SSSR count). The van der Waals surface area contributed by atoms with Gasteiger partial charge in [0, 0.05) is 12.7 Å². The Morgan fingerprint density at radius 1 is 1.60 bits per heavy atom. The molecule has 1 heterocycles. The van der Waals surface area contributed by atoms with Gasteiger partial charge in [0.2, 0.25) is 0 Å². The number of rotatable bonds is 5. The normalized spacial score (nSPS) is 10.3. The van der Waals surface area contributed by atoms with E-state index in [-0.39, 0.29) is 5.97 Å². The molecule has 84 valence electrons. The van der Waals surface area contributed by atoms with Crippen molar-refractivity contribution in [3.05, 3.63) is 15.5 Å². The molecule has 0 unspecified atom stereocenters. The van der Waals surface area contributed by atoms with Crippen molar-refractivity contribution in [2.24, 2.45) is 0 Å². The van der Waals surface area contributed by atoms with Crippen LogP contribution in [-0.2, 0) is 11.3 Å². The number of esters is 1. The fourth-order valence-electron chi connectivity index (χ4n) is 1.17. The van der Waals surface area contributed by atoms with Crippen molar-refractivity contribution in [2.75, 3.05) is 6.61 Å². The first-order valence-corrected chi connectivity index (χ1v) is 6.17. The van der Waals surface area contributed by atoms with Crippen LogP contribution in [0, 0.1) is 3.57 Å². The lowest BCUT2D eigenvalue weighted by molar-refractivity contribution is 0.0517. The molecule has 0 bridgehead atoms. The summed E-state index contributed by atoms with van der Waals surface area (Å²) in [6.45, 7) is 5.15. The third kappa shape index (κ3) is 3.48. The number of carbonyl (C=O) groups is 1. The van der Waals surface area contributed by atoms with Crippen molar-refractivity contribution in [1.29, 1.82) is 0 Å². The molecule has 15 heavy (non-hydrogen) atoms. The summed E-state index contributed by atoms with van der Waals surface area (Å²) in [6, 6.07) is 0. The number of hydrogen-bond donors (Lipinski definition) is 0. The summed E-state index contributed by atoms with van der Waals surface area (Å²) >= 11 is 2.10. The van der Waals surface area contributed by atoms with Crippen LogP contribution in [0.5, 0.6) is 0 Å². The minimum atomic E-state index is -0.336. The second kappa shape index (κ2) is 6.09. The average Bonchev–Trinajstić information content (AvgIpc) is 2.57. The topological polar surface area (TPSA) is 44.1 Å². The van der Waals surface area contributed by atoms with Crippen molar-refractivity contribution in [3.8, 4) is 0 Å². The summed E-state index contributed by atoms with van der Waals surface area (Å²) in [4.78, 5) is 11.4. The van der Waals surface area contributed by atoms with Crippen molar-refractivity contribution in [2.45, 2.75) is 33.2 Å². The summed E-state index contributed by atoms with van der Waals surface area (Å²) in [5.41, 5.74) is 0.425. The molecule has 0 atom stereocenters. The van der Waals surface area contributed by atoms with Gasteiger partial charge < -0.3 is 4.74 Å². The second-order valence-electron chi connectivity index (χ2n) is 3.16. The van der Waals surface area contributed by atoms with Gasteiger partial charge in [-0.1, -0.05) is 13.3 Å². The van der Waals surface area contributed by atoms with Gasteiger partial charge in [-0.05, 0) is 35.9 Å². The van der Waals surface area contributed by atoms with E-state index >= 15 is 0 Å². The molecular weight excluding hydrogens is 307 g/mol. The fraction of sp³-hybridized carbons (Fsp3) is 0.600. The predicted molar refractivity (Wildman–Crippen MR) is 65.8 cm³/mol. The zero-order chi connectivity index (χ0) is 11.3. The Morgan fingerprint density at radius 3 is 2.93 bits per heavy atom. The van der Waals surface area contributed by atoms with E-state index in [1.54, 1.807) is 11.6 Å². The monoisotopic (exact) mass is 322 g/mol. The van der Waals surface area contributed by atoms with Crippen LogP contribution in [0.1, 0.15) is 37.2 Å². The highest BCUT2D eigenvalue weighted by atomic mass is 127. The molecule has 0 radical (unpaired) electrons. The number of aryl methyl sites for hydroxylation is 1. The third-order valence-corrected chi connectivity index (χ3v) is 2.72. The molecule has 0 saturated heterocycles. The van der Waals surface area contributed by atoms with E-state index in [0.717, 1.165) is 23.0 Å². The molecule has 0 spiro atoms. The Bertz CT molecular complexity index is 336. The number of ether oxygens (including phenoxy) is 1. The number of aromatic nitrogens is 2. The van der Waals surface area contributed by atoms with Crippen LogP contribution >= 0.6 is 22.6 Å². The zero-order valence-corrected chi connectivity index (χ0v) is 11.2. The molecular formula is C10H15IN2O2. The SMILES string of the molecule is CCCCn1cc(I)c(C(=O)OCC)n1. The van der Waals surface area contributed by atoms with Crippen molar-refractivity contribution in [1.82, 2.24) is 9.78 Å². The highest BCUT2D eigenvalue weighted by Crippen LogP contribution is 2.12. The highest BCUT2D eigenvalue weighted by Gasteiger charge is 2.15. The van der Waals surface area contributed by atoms with Gasteiger partial charge in [0.15, 0.2) is 5.69 Å². The van der Waals surface area contributed by atoms with Crippen LogP contribution in [0.3, 0.4) is 0 Å². The molecule has 4 nitrogen and oxygen atoms in total. The van der Waals surface area contributed by atoms with E-state index in [1.807, 2.05) is 6.20 Å². The standard InChI is InChI=1S/C10H15IN2O2/c1-3-5-6-13-7-8(11)9(12-13)10(14)15-4-2/h7H,3-6H2,1-2H3. The van der Waals surface area contributed by atoms with Crippen LogP contribution in [0.25, 0.3) is 0 Å². The number of halogens is 1. The first-order valence-electron chi connectivity index (χ1n) is 5.09. The maximum Gasteiger partial charge on any atom is 0.359 e. The molecule has 1 aromatic rings. The zero-order valence-electron chi connectivity index (χ0n) is 8.99. The Labute approximate surface area is 103 Å². The van der Waals surface area contributed by atoms with Gasteiger partial charge in [0.05, 0.1) is 10.2 Å². The van der Waals surface area contributed by atoms with E-state index in [9.17, 15) is 4.79 Å². The van der Waals surface area contributed by atoms with Crippen molar-refractivity contribution < 1.29 is 9.53 Å². The van der Waals surface area contributed by atoms with E-state index in [0.29, 0.717) is 12.3 Å². The van der Waals surface area contributed by atoms with Crippen molar-refractivity contribution >= 4 is 28.6 Å². The lowest BCUT2D eigenvalue weighted by atomic mass is 10.3. The second-order valence-corrected chi connectivity index (χ2v) is 4.32. The van der Waals surface area contributed by atoms with Gasteiger partial charge >= 0.3 is 5.97 Å². The van der Waals surface area contributed by atoms with E-state index < -0.39 is 0 Å². The Balaban J connectivity index is 2.72. The number of unbranched alkanes of at least 4 members (excludes halogenated alkanes) is 1. The quantitative estimate of drug-likeness (QED) is 0.618. The Morgan fingerprint density at radius 2 is 2.33 bits per heavy atom. The molecule has 0 aromatic carbocycles. The lowest BCUT2D eigenvalue weighted by Crippen LogP contribution is -2.08. The minimum absolute atomic E-state index is 0.336.